The fourth-order valence-corrected chi connectivity index (χ4v) is 3.33. The van der Waals surface area contributed by atoms with E-state index in [1.807, 2.05) is 36.4 Å². The Morgan fingerprint density at radius 3 is 2.58 bits per heavy atom. The molecule has 0 spiro atoms. The van der Waals surface area contributed by atoms with Crippen molar-refractivity contribution in [3.05, 3.63) is 102 Å². The Hall–Kier alpha value is -4.10. The number of pyridine rings is 2. The van der Waals surface area contributed by atoms with Crippen molar-refractivity contribution < 1.29 is 13.9 Å². The Balaban J connectivity index is 1.55. The zero-order chi connectivity index (χ0) is 22.6. The molecule has 0 saturated carbocycles. The van der Waals surface area contributed by atoms with Gasteiger partial charge in [-0.3, -0.25) is 9.97 Å². The van der Waals surface area contributed by atoms with Crippen LogP contribution < -0.4 is 9.47 Å². The first-order valence-electron chi connectivity index (χ1n) is 10.0. The molecule has 5 rings (SSSR count). The number of hydrogen-bond acceptors (Lipinski definition) is 6. The summed E-state index contributed by atoms with van der Waals surface area (Å²) in [6.45, 7) is 0.310. The molecule has 0 fully saturated rings. The van der Waals surface area contributed by atoms with Crippen LogP contribution in [-0.4, -0.2) is 19.9 Å². The lowest BCUT2D eigenvalue weighted by Crippen LogP contribution is -1.99. The van der Waals surface area contributed by atoms with Crippen molar-refractivity contribution in [1.29, 1.82) is 0 Å². The fraction of sp³-hybridized carbons (Fsp3) is 0.0400. The third-order valence-electron chi connectivity index (χ3n) is 4.77. The van der Waals surface area contributed by atoms with Gasteiger partial charge in [0, 0.05) is 30.2 Å². The number of hydrogen-bond donors (Lipinski definition) is 0. The topological polar surface area (TPSA) is 70.0 Å². The van der Waals surface area contributed by atoms with Crippen LogP contribution in [0.25, 0.3) is 22.3 Å². The average Bonchev–Trinajstić information content (AvgIpc) is 2.86. The molecule has 3 heterocycles. The maximum Gasteiger partial charge on any atom is 0.230 e. The summed E-state index contributed by atoms with van der Waals surface area (Å²) in [5.41, 5.74) is 2.19. The predicted octanol–water partition coefficient (Wildman–Crippen LogP) is 6.25. The summed E-state index contributed by atoms with van der Waals surface area (Å²) in [5.74, 6) is 1.15. The van der Waals surface area contributed by atoms with Crippen LogP contribution in [0.5, 0.6) is 17.4 Å². The van der Waals surface area contributed by atoms with E-state index in [2.05, 4.69) is 19.9 Å². The molecule has 3 aromatic heterocycles. The van der Waals surface area contributed by atoms with Crippen molar-refractivity contribution in [1.82, 2.24) is 19.9 Å². The molecule has 0 aliphatic heterocycles. The number of nitrogens with zero attached hydrogens (tertiary/aromatic N) is 4. The summed E-state index contributed by atoms with van der Waals surface area (Å²) in [7, 11) is 0. The van der Waals surface area contributed by atoms with E-state index in [9.17, 15) is 4.39 Å². The highest BCUT2D eigenvalue weighted by atomic mass is 35.5. The van der Waals surface area contributed by atoms with Gasteiger partial charge in [-0.25, -0.2) is 9.37 Å². The largest absolute Gasteiger partial charge is 0.487 e. The van der Waals surface area contributed by atoms with Crippen molar-refractivity contribution in [2.75, 3.05) is 0 Å². The molecule has 0 saturated heterocycles. The van der Waals surface area contributed by atoms with Crippen molar-refractivity contribution in [3.63, 3.8) is 0 Å². The van der Waals surface area contributed by atoms with Gasteiger partial charge in [-0.15, -0.1) is 0 Å². The van der Waals surface area contributed by atoms with Crippen LogP contribution >= 0.6 is 11.6 Å². The Kier molecular flexibility index (Phi) is 5.78. The number of benzene rings is 2. The van der Waals surface area contributed by atoms with E-state index in [0.717, 1.165) is 11.3 Å². The van der Waals surface area contributed by atoms with Crippen molar-refractivity contribution in [3.8, 4) is 28.8 Å². The Morgan fingerprint density at radius 1 is 0.879 bits per heavy atom. The maximum absolute atomic E-state index is 13.6. The Morgan fingerprint density at radius 2 is 1.79 bits per heavy atom. The van der Waals surface area contributed by atoms with E-state index in [1.54, 1.807) is 30.7 Å². The summed E-state index contributed by atoms with van der Waals surface area (Å²) in [5, 5.41) is 0.583. The molecule has 0 radical (unpaired) electrons. The first kappa shape index (κ1) is 20.8. The van der Waals surface area contributed by atoms with Crippen LogP contribution in [0.15, 0.2) is 85.3 Å². The summed E-state index contributed by atoms with van der Waals surface area (Å²) >= 11 is 5.93. The number of aromatic nitrogens is 4. The Labute approximate surface area is 193 Å². The minimum atomic E-state index is -0.530. The molecule has 6 nitrogen and oxygen atoms in total. The standard InChI is InChI=1S/C25H16ClFN4O2/c26-21-13-19(6-8-22(21)27)33-25-20-12-18(32-15-17-5-1-2-11-29-17)7-9-23(20)30-24(31-25)16-4-3-10-28-14-16/h1-14H,15H2. The summed E-state index contributed by atoms with van der Waals surface area (Å²) in [6.07, 6.45) is 5.06. The molecule has 5 aromatic rings. The number of halogens is 2. The van der Waals surface area contributed by atoms with E-state index in [1.165, 1.54) is 18.2 Å². The second-order valence-electron chi connectivity index (χ2n) is 7.06. The Bertz CT molecular complexity index is 1420. The second kappa shape index (κ2) is 9.18. The van der Waals surface area contributed by atoms with Crippen LogP contribution in [0.3, 0.4) is 0 Å². The van der Waals surface area contributed by atoms with Crippen LogP contribution in [0, 0.1) is 5.82 Å². The third kappa shape index (κ3) is 4.73. The SMILES string of the molecule is Fc1ccc(Oc2nc(-c3cccnc3)nc3ccc(OCc4ccccn4)cc23)cc1Cl. The molecular formula is C25H16ClFN4O2. The molecule has 0 N–H and O–H groups in total. The van der Waals surface area contributed by atoms with Gasteiger partial charge in [0.2, 0.25) is 5.88 Å². The van der Waals surface area contributed by atoms with E-state index in [4.69, 9.17) is 21.1 Å². The molecule has 33 heavy (non-hydrogen) atoms. The molecule has 0 aliphatic carbocycles. The smallest absolute Gasteiger partial charge is 0.230 e. The lowest BCUT2D eigenvalue weighted by Gasteiger charge is -2.12. The van der Waals surface area contributed by atoms with Gasteiger partial charge in [-0.05, 0) is 54.6 Å². The van der Waals surface area contributed by atoms with Crippen LogP contribution in [0.1, 0.15) is 5.69 Å². The highest BCUT2D eigenvalue weighted by Crippen LogP contribution is 2.33. The van der Waals surface area contributed by atoms with Gasteiger partial charge < -0.3 is 9.47 Å². The zero-order valence-corrected chi connectivity index (χ0v) is 17.9. The normalized spacial score (nSPS) is 10.8. The molecule has 0 unspecified atom stereocenters. The van der Waals surface area contributed by atoms with Gasteiger partial charge in [-0.1, -0.05) is 17.7 Å². The molecule has 0 amide bonds. The molecule has 162 valence electrons. The van der Waals surface area contributed by atoms with E-state index in [0.29, 0.717) is 34.8 Å². The van der Waals surface area contributed by atoms with E-state index >= 15 is 0 Å². The molecular weight excluding hydrogens is 443 g/mol. The second-order valence-corrected chi connectivity index (χ2v) is 7.47. The fourth-order valence-electron chi connectivity index (χ4n) is 3.16. The molecule has 0 aliphatic rings. The average molecular weight is 459 g/mol. The van der Waals surface area contributed by atoms with Gasteiger partial charge in [-0.2, -0.15) is 4.98 Å². The first-order chi connectivity index (χ1) is 16.2. The van der Waals surface area contributed by atoms with Crippen LogP contribution in [0.4, 0.5) is 4.39 Å². The van der Waals surface area contributed by atoms with Gasteiger partial charge in [0.25, 0.3) is 0 Å². The van der Waals surface area contributed by atoms with Gasteiger partial charge in [0.05, 0.1) is 21.6 Å². The third-order valence-corrected chi connectivity index (χ3v) is 5.06. The summed E-state index contributed by atoms with van der Waals surface area (Å²) in [6, 6.07) is 18.9. The molecule has 0 bridgehead atoms. The number of ether oxygens (including phenoxy) is 2. The van der Waals surface area contributed by atoms with Crippen molar-refractivity contribution in [2.45, 2.75) is 6.61 Å². The summed E-state index contributed by atoms with van der Waals surface area (Å²) < 4.78 is 25.5. The molecule has 0 atom stereocenters. The van der Waals surface area contributed by atoms with Gasteiger partial charge in [0.1, 0.15) is 23.9 Å². The predicted molar refractivity (Wildman–Crippen MR) is 123 cm³/mol. The molecule has 8 heteroatoms. The van der Waals surface area contributed by atoms with Gasteiger partial charge >= 0.3 is 0 Å². The minimum absolute atomic E-state index is 0.0438. The monoisotopic (exact) mass is 458 g/mol. The maximum atomic E-state index is 13.6. The van der Waals surface area contributed by atoms with Crippen molar-refractivity contribution >= 4 is 22.5 Å². The van der Waals surface area contributed by atoms with Gasteiger partial charge in [0.15, 0.2) is 5.82 Å². The van der Waals surface area contributed by atoms with Crippen molar-refractivity contribution in [2.24, 2.45) is 0 Å². The van der Waals surface area contributed by atoms with E-state index < -0.39 is 5.82 Å². The van der Waals surface area contributed by atoms with E-state index in [-0.39, 0.29) is 10.9 Å². The number of fused-ring (bicyclic) bond motifs is 1. The summed E-state index contributed by atoms with van der Waals surface area (Å²) in [4.78, 5) is 17.7. The van der Waals surface area contributed by atoms with Crippen LogP contribution in [-0.2, 0) is 6.61 Å². The lowest BCUT2D eigenvalue weighted by atomic mass is 10.2. The lowest BCUT2D eigenvalue weighted by molar-refractivity contribution is 0.301. The highest BCUT2D eigenvalue weighted by Gasteiger charge is 2.14. The van der Waals surface area contributed by atoms with Crippen LogP contribution in [0.2, 0.25) is 5.02 Å². The minimum Gasteiger partial charge on any atom is -0.487 e. The zero-order valence-electron chi connectivity index (χ0n) is 17.2. The number of rotatable bonds is 6. The highest BCUT2D eigenvalue weighted by molar-refractivity contribution is 6.30. The molecule has 2 aromatic carbocycles. The quantitative estimate of drug-likeness (QED) is 0.299. The first-order valence-corrected chi connectivity index (χ1v) is 10.4.